The molecule has 0 spiro atoms. The minimum absolute atomic E-state index is 0.0669. The number of carbonyl (C=O) groups excluding carboxylic acids is 1. The smallest absolute Gasteiger partial charge is 0.161 e. The highest BCUT2D eigenvalue weighted by molar-refractivity contribution is 5.93. The van der Waals surface area contributed by atoms with Crippen molar-refractivity contribution >= 4 is 11.6 Å². The summed E-state index contributed by atoms with van der Waals surface area (Å²) in [5, 5.41) is 0. The summed E-state index contributed by atoms with van der Waals surface area (Å²) < 4.78 is 5.35. The van der Waals surface area contributed by atoms with E-state index in [9.17, 15) is 4.79 Å². The molecule has 1 aromatic carbocycles. The first kappa shape index (κ1) is 17.7. The maximum absolute atomic E-state index is 11.6. The van der Waals surface area contributed by atoms with Crippen molar-refractivity contribution in [3.8, 4) is 5.75 Å². The average molecular weight is 377 g/mol. The second-order valence-corrected chi connectivity index (χ2v) is 8.35. The lowest BCUT2D eigenvalue weighted by Crippen LogP contribution is -2.60. The van der Waals surface area contributed by atoms with Gasteiger partial charge in [-0.05, 0) is 68.6 Å². The third kappa shape index (κ3) is 2.80. The van der Waals surface area contributed by atoms with Gasteiger partial charge in [-0.15, -0.1) is 0 Å². The SMILES string of the molecule is COc1ccc([C@H]2CN(c3ccc(C(C)=O)cn3)[C@H]3C4CCN(CC4)[C@@H]23)cc1. The molecule has 0 aliphatic carbocycles. The van der Waals surface area contributed by atoms with Crippen LogP contribution in [0, 0.1) is 5.92 Å². The standard InChI is InChI=1S/C23H27N3O2/c1-15(27)18-5-8-21(24-13-18)26-14-20(16-3-6-19(28-2)7-4-16)23-22(26)17-9-11-25(23)12-10-17/h3-8,13,17,20,22-23H,9-12,14H2,1-2H3/t20-,22+,23+/m1/s1. The van der Waals surface area contributed by atoms with Crippen LogP contribution in [-0.2, 0) is 0 Å². The Bertz CT molecular complexity index is 856. The van der Waals surface area contributed by atoms with Crippen molar-refractivity contribution in [3.05, 3.63) is 53.7 Å². The van der Waals surface area contributed by atoms with Gasteiger partial charge in [0.15, 0.2) is 5.78 Å². The molecule has 2 aromatic rings. The van der Waals surface area contributed by atoms with Crippen LogP contribution in [0.5, 0.6) is 5.75 Å². The predicted octanol–water partition coefficient (Wildman–Crippen LogP) is 3.36. The van der Waals surface area contributed by atoms with Crippen LogP contribution in [0.25, 0.3) is 0 Å². The number of aromatic nitrogens is 1. The van der Waals surface area contributed by atoms with Crippen molar-refractivity contribution in [1.29, 1.82) is 0 Å². The van der Waals surface area contributed by atoms with E-state index in [2.05, 4.69) is 39.0 Å². The average Bonchev–Trinajstić information content (AvgIpc) is 3.17. The zero-order valence-corrected chi connectivity index (χ0v) is 16.5. The van der Waals surface area contributed by atoms with Crippen molar-refractivity contribution in [3.63, 3.8) is 0 Å². The summed E-state index contributed by atoms with van der Waals surface area (Å²) in [5.74, 6) is 3.17. The lowest BCUT2D eigenvalue weighted by atomic mass is 9.75. The molecule has 4 saturated heterocycles. The number of hydrogen-bond acceptors (Lipinski definition) is 5. The van der Waals surface area contributed by atoms with Crippen molar-refractivity contribution in [2.24, 2.45) is 5.92 Å². The van der Waals surface area contributed by atoms with Crippen LogP contribution in [-0.4, -0.2) is 54.5 Å². The number of pyridine rings is 1. The summed E-state index contributed by atoms with van der Waals surface area (Å²) in [5.41, 5.74) is 2.06. The number of anilines is 1. The van der Waals surface area contributed by atoms with Gasteiger partial charge < -0.3 is 9.64 Å². The summed E-state index contributed by atoms with van der Waals surface area (Å²) in [4.78, 5) is 21.5. The fourth-order valence-corrected chi connectivity index (χ4v) is 5.59. The molecule has 4 aliphatic rings. The molecule has 0 amide bonds. The van der Waals surface area contributed by atoms with E-state index in [0.717, 1.165) is 24.0 Å². The fourth-order valence-electron chi connectivity index (χ4n) is 5.59. The van der Waals surface area contributed by atoms with Gasteiger partial charge in [0.05, 0.1) is 7.11 Å². The minimum atomic E-state index is 0.0669. The summed E-state index contributed by atoms with van der Waals surface area (Å²) in [7, 11) is 1.71. The van der Waals surface area contributed by atoms with Crippen molar-refractivity contribution in [2.45, 2.75) is 37.8 Å². The first-order chi connectivity index (χ1) is 13.7. The molecule has 5 nitrogen and oxygen atoms in total. The molecule has 2 bridgehead atoms. The highest BCUT2D eigenvalue weighted by atomic mass is 16.5. The first-order valence-corrected chi connectivity index (χ1v) is 10.3. The maximum atomic E-state index is 11.6. The number of piperidine rings is 3. The number of fused-ring (bicyclic) bond motifs is 2. The third-order valence-electron chi connectivity index (χ3n) is 6.99. The Labute approximate surface area is 166 Å². The maximum Gasteiger partial charge on any atom is 0.161 e. The number of methoxy groups -OCH3 is 1. The lowest BCUT2D eigenvalue weighted by molar-refractivity contribution is 0.0354. The topological polar surface area (TPSA) is 45.7 Å². The zero-order chi connectivity index (χ0) is 19.3. The highest BCUT2D eigenvalue weighted by Gasteiger charge is 2.53. The number of Topliss-reactive ketones (excluding diaryl/α,β-unsaturated/α-hetero) is 1. The van der Waals surface area contributed by atoms with Crippen LogP contribution in [0.3, 0.4) is 0 Å². The van der Waals surface area contributed by atoms with Crippen molar-refractivity contribution in [1.82, 2.24) is 9.88 Å². The fraction of sp³-hybridized carbons (Fsp3) is 0.478. The van der Waals surface area contributed by atoms with Gasteiger partial charge in [-0.1, -0.05) is 12.1 Å². The number of carbonyl (C=O) groups is 1. The highest BCUT2D eigenvalue weighted by Crippen LogP contribution is 2.47. The Kier molecular flexibility index (Phi) is 4.35. The molecule has 5 heteroatoms. The molecular formula is C23H27N3O2. The summed E-state index contributed by atoms with van der Waals surface area (Å²) >= 11 is 0. The van der Waals surface area contributed by atoms with E-state index in [-0.39, 0.29) is 5.78 Å². The van der Waals surface area contributed by atoms with Gasteiger partial charge in [0.1, 0.15) is 11.6 Å². The van der Waals surface area contributed by atoms with Gasteiger partial charge in [0, 0.05) is 36.3 Å². The van der Waals surface area contributed by atoms with E-state index in [1.54, 1.807) is 20.2 Å². The van der Waals surface area contributed by atoms with Crippen LogP contribution in [0.1, 0.15) is 41.6 Å². The number of ether oxygens (including phenoxy) is 1. The molecule has 1 aromatic heterocycles. The summed E-state index contributed by atoms with van der Waals surface area (Å²) in [6.45, 7) is 4.99. The first-order valence-electron chi connectivity index (χ1n) is 10.3. The number of ketones is 1. The second kappa shape index (κ2) is 6.89. The normalized spacial score (nSPS) is 30.9. The zero-order valence-electron chi connectivity index (χ0n) is 16.5. The van der Waals surface area contributed by atoms with Gasteiger partial charge in [-0.25, -0.2) is 4.98 Å². The van der Waals surface area contributed by atoms with E-state index >= 15 is 0 Å². The summed E-state index contributed by atoms with van der Waals surface area (Å²) in [6, 6.07) is 13.6. The van der Waals surface area contributed by atoms with E-state index in [4.69, 9.17) is 4.74 Å². The molecule has 146 valence electrons. The Morgan fingerprint density at radius 1 is 1.07 bits per heavy atom. The molecule has 0 radical (unpaired) electrons. The molecule has 3 atom stereocenters. The number of hydrogen-bond donors (Lipinski definition) is 0. The molecule has 28 heavy (non-hydrogen) atoms. The van der Waals surface area contributed by atoms with Gasteiger partial charge >= 0.3 is 0 Å². The monoisotopic (exact) mass is 377 g/mol. The number of rotatable bonds is 4. The molecular weight excluding hydrogens is 350 g/mol. The van der Waals surface area contributed by atoms with Crippen LogP contribution < -0.4 is 9.64 Å². The predicted molar refractivity (Wildman–Crippen MR) is 109 cm³/mol. The molecule has 4 aliphatic heterocycles. The summed E-state index contributed by atoms with van der Waals surface area (Å²) in [6.07, 6.45) is 4.28. The van der Waals surface area contributed by atoms with Crippen LogP contribution in [0.4, 0.5) is 5.82 Å². The third-order valence-corrected chi connectivity index (χ3v) is 6.99. The van der Waals surface area contributed by atoms with Crippen LogP contribution in [0.2, 0.25) is 0 Å². The Morgan fingerprint density at radius 3 is 2.43 bits per heavy atom. The lowest BCUT2D eigenvalue weighted by Gasteiger charge is -2.51. The molecule has 0 saturated carbocycles. The van der Waals surface area contributed by atoms with Gasteiger partial charge in [-0.2, -0.15) is 0 Å². The Hall–Kier alpha value is -2.40. The van der Waals surface area contributed by atoms with E-state index in [1.165, 1.54) is 31.5 Å². The molecule has 6 rings (SSSR count). The molecule has 0 unspecified atom stereocenters. The van der Waals surface area contributed by atoms with E-state index in [1.807, 2.05) is 12.1 Å². The van der Waals surface area contributed by atoms with Gasteiger partial charge in [0.2, 0.25) is 0 Å². The largest absolute Gasteiger partial charge is 0.497 e. The molecule has 4 fully saturated rings. The number of benzene rings is 1. The molecule has 0 N–H and O–H groups in total. The Balaban J connectivity index is 1.50. The van der Waals surface area contributed by atoms with Crippen LogP contribution in [0.15, 0.2) is 42.6 Å². The van der Waals surface area contributed by atoms with E-state index < -0.39 is 0 Å². The Morgan fingerprint density at radius 2 is 1.82 bits per heavy atom. The minimum Gasteiger partial charge on any atom is -0.497 e. The second-order valence-electron chi connectivity index (χ2n) is 8.35. The van der Waals surface area contributed by atoms with Crippen molar-refractivity contribution in [2.75, 3.05) is 31.6 Å². The van der Waals surface area contributed by atoms with E-state index in [0.29, 0.717) is 23.6 Å². The van der Waals surface area contributed by atoms with Gasteiger partial charge in [0.25, 0.3) is 0 Å². The molecule has 5 heterocycles. The van der Waals surface area contributed by atoms with Crippen molar-refractivity contribution < 1.29 is 9.53 Å². The quantitative estimate of drug-likeness (QED) is 0.765. The number of nitrogens with zero attached hydrogens (tertiary/aromatic N) is 3. The van der Waals surface area contributed by atoms with Crippen LogP contribution >= 0.6 is 0 Å². The van der Waals surface area contributed by atoms with Gasteiger partial charge in [-0.3, -0.25) is 9.69 Å².